The van der Waals surface area contributed by atoms with Crippen LogP contribution in [0.25, 0.3) is 11.3 Å². The van der Waals surface area contributed by atoms with Gasteiger partial charge in [0.05, 0.1) is 10.2 Å². The van der Waals surface area contributed by atoms with Crippen molar-refractivity contribution in [2.45, 2.75) is 0 Å². The molecule has 0 aliphatic carbocycles. The molecule has 70 valence electrons. The number of anilines is 1. The van der Waals surface area contributed by atoms with E-state index >= 15 is 0 Å². The third-order valence-electron chi connectivity index (χ3n) is 1.73. The molecular weight excluding hydrogens is 244 g/mol. The monoisotopic (exact) mass is 250 g/mol. The van der Waals surface area contributed by atoms with Crippen LogP contribution in [0.15, 0.2) is 35.1 Å². The molecule has 0 spiro atoms. The molecule has 0 fully saturated rings. The third-order valence-corrected chi connectivity index (χ3v) is 2.37. The van der Waals surface area contributed by atoms with Gasteiger partial charge in [-0.2, -0.15) is 0 Å². The standard InChI is InChI=1S/C9H7BrN4/c10-7-4-8(13-14-9(7)11)6-2-1-3-12-5-6/h1-5H,(H2,11,14). The number of rotatable bonds is 1. The zero-order valence-electron chi connectivity index (χ0n) is 7.18. The Kier molecular flexibility index (Phi) is 2.41. The Morgan fingerprint density at radius 2 is 2.14 bits per heavy atom. The molecule has 0 amide bonds. The van der Waals surface area contributed by atoms with Crippen LogP contribution in [0.1, 0.15) is 0 Å². The fourth-order valence-electron chi connectivity index (χ4n) is 1.03. The Morgan fingerprint density at radius 1 is 1.29 bits per heavy atom. The summed E-state index contributed by atoms with van der Waals surface area (Å²) >= 11 is 3.30. The van der Waals surface area contributed by atoms with E-state index in [4.69, 9.17) is 5.73 Å². The van der Waals surface area contributed by atoms with Crippen LogP contribution in [-0.4, -0.2) is 15.2 Å². The van der Waals surface area contributed by atoms with Crippen molar-refractivity contribution >= 4 is 21.7 Å². The summed E-state index contributed by atoms with van der Waals surface area (Å²) in [6, 6.07) is 5.58. The van der Waals surface area contributed by atoms with E-state index in [-0.39, 0.29) is 0 Å². The Labute approximate surface area is 89.3 Å². The van der Waals surface area contributed by atoms with Gasteiger partial charge in [-0.15, -0.1) is 10.2 Å². The molecule has 2 rings (SSSR count). The minimum absolute atomic E-state index is 0.387. The highest BCUT2D eigenvalue weighted by Crippen LogP contribution is 2.22. The fraction of sp³-hybridized carbons (Fsp3) is 0. The van der Waals surface area contributed by atoms with E-state index in [0.717, 1.165) is 15.7 Å². The molecule has 5 heteroatoms. The van der Waals surface area contributed by atoms with Crippen LogP contribution in [0.5, 0.6) is 0 Å². The van der Waals surface area contributed by atoms with Gasteiger partial charge in [0.2, 0.25) is 0 Å². The Hall–Kier alpha value is -1.49. The first-order chi connectivity index (χ1) is 6.77. The normalized spacial score (nSPS) is 10.1. The van der Waals surface area contributed by atoms with Crippen LogP contribution in [0.2, 0.25) is 0 Å². The molecule has 2 N–H and O–H groups in total. The average Bonchev–Trinajstić information content (AvgIpc) is 2.23. The van der Waals surface area contributed by atoms with E-state index in [0.29, 0.717) is 5.82 Å². The van der Waals surface area contributed by atoms with Crippen molar-refractivity contribution in [2.75, 3.05) is 5.73 Å². The highest BCUT2D eigenvalue weighted by atomic mass is 79.9. The minimum atomic E-state index is 0.387. The number of hydrogen-bond donors (Lipinski definition) is 1. The number of nitrogens with two attached hydrogens (primary N) is 1. The van der Waals surface area contributed by atoms with E-state index in [2.05, 4.69) is 31.1 Å². The first kappa shape index (κ1) is 9.08. The zero-order valence-corrected chi connectivity index (χ0v) is 8.77. The maximum absolute atomic E-state index is 5.53. The lowest BCUT2D eigenvalue weighted by Gasteiger charge is -2.00. The summed E-state index contributed by atoms with van der Waals surface area (Å²) in [7, 11) is 0. The molecular formula is C9H7BrN4. The molecule has 0 saturated carbocycles. The largest absolute Gasteiger partial charge is 0.381 e. The van der Waals surface area contributed by atoms with E-state index in [9.17, 15) is 0 Å². The second-order valence-electron chi connectivity index (χ2n) is 2.70. The van der Waals surface area contributed by atoms with Crippen LogP contribution in [0, 0.1) is 0 Å². The van der Waals surface area contributed by atoms with E-state index < -0.39 is 0 Å². The van der Waals surface area contributed by atoms with E-state index in [1.165, 1.54) is 0 Å². The van der Waals surface area contributed by atoms with Gasteiger partial charge in [-0.3, -0.25) is 4.98 Å². The molecule has 0 radical (unpaired) electrons. The first-order valence-corrected chi connectivity index (χ1v) is 4.76. The molecule has 0 aromatic carbocycles. The number of nitrogen functional groups attached to an aromatic ring is 1. The molecule has 0 atom stereocenters. The fourth-order valence-corrected chi connectivity index (χ4v) is 1.33. The van der Waals surface area contributed by atoms with Crippen molar-refractivity contribution < 1.29 is 0 Å². The quantitative estimate of drug-likeness (QED) is 0.840. The first-order valence-electron chi connectivity index (χ1n) is 3.96. The second kappa shape index (κ2) is 3.71. The SMILES string of the molecule is Nc1nnc(-c2cccnc2)cc1Br. The molecule has 0 unspecified atom stereocenters. The van der Waals surface area contributed by atoms with Crippen molar-refractivity contribution in [1.29, 1.82) is 0 Å². The van der Waals surface area contributed by atoms with Crippen LogP contribution in [0.3, 0.4) is 0 Å². The molecule has 0 bridgehead atoms. The molecule has 4 nitrogen and oxygen atoms in total. The number of aromatic nitrogens is 3. The Morgan fingerprint density at radius 3 is 2.79 bits per heavy atom. The highest BCUT2D eigenvalue weighted by Gasteiger charge is 2.03. The summed E-state index contributed by atoms with van der Waals surface area (Å²) in [5.41, 5.74) is 7.20. The van der Waals surface area contributed by atoms with Crippen molar-refractivity contribution in [1.82, 2.24) is 15.2 Å². The van der Waals surface area contributed by atoms with Gasteiger partial charge in [0.15, 0.2) is 5.82 Å². The smallest absolute Gasteiger partial charge is 0.160 e. The van der Waals surface area contributed by atoms with Gasteiger partial charge in [-0.1, -0.05) is 0 Å². The van der Waals surface area contributed by atoms with Crippen LogP contribution in [-0.2, 0) is 0 Å². The maximum Gasteiger partial charge on any atom is 0.160 e. The number of halogens is 1. The summed E-state index contributed by atoms with van der Waals surface area (Å²) in [6.07, 6.45) is 3.44. The lowest BCUT2D eigenvalue weighted by Crippen LogP contribution is -1.96. The molecule has 0 saturated heterocycles. The van der Waals surface area contributed by atoms with Crippen molar-refractivity contribution in [3.63, 3.8) is 0 Å². The van der Waals surface area contributed by atoms with Gasteiger partial charge in [-0.05, 0) is 34.1 Å². The predicted octanol–water partition coefficient (Wildman–Crippen LogP) is 1.88. The second-order valence-corrected chi connectivity index (χ2v) is 3.56. The van der Waals surface area contributed by atoms with Gasteiger partial charge in [-0.25, -0.2) is 0 Å². The van der Waals surface area contributed by atoms with Crippen molar-refractivity contribution in [2.24, 2.45) is 0 Å². The van der Waals surface area contributed by atoms with E-state index in [1.807, 2.05) is 18.2 Å². The van der Waals surface area contributed by atoms with Gasteiger partial charge in [0.25, 0.3) is 0 Å². The Bertz CT molecular complexity index is 444. The number of hydrogen-bond acceptors (Lipinski definition) is 4. The highest BCUT2D eigenvalue weighted by molar-refractivity contribution is 9.10. The van der Waals surface area contributed by atoms with Crippen molar-refractivity contribution in [3.05, 3.63) is 35.1 Å². The van der Waals surface area contributed by atoms with Crippen LogP contribution < -0.4 is 5.73 Å². The predicted molar refractivity (Wildman–Crippen MR) is 57.4 cm³/mol. The zero-order chi connectivity index (χ0) is 9.97. The molecule has 2 aromatic heterocycles. The summed E-state index contributed by atoms with van der Waals surface area (Å²) in [5.74, 6) is 0.387. The van der Waals surface area contributed by atoms with Crippen molar-refractivity contribution in [3.8, 4) is 11.3 Å². The summed E-state index contributed by atoms with van der Waals surface area (Å²) in [5, 5.41) is 7.77. The third kappa shape index (κ3) is 1.72. The lowest BCUT2D eigenvalue weighted by atomic mass is 10.2. The molecule has 2 aromatic rings. The molecule has 0 aliphatic heterocycles. The Balaban J connectivity index is 2.48. The lowest BCUT2D eigenvalue weighted by molar-refractivity contribution is 1.04. The van der Waals surface area contributed by atoms with Gasteiger partial charge in [0.1, 0.15) is 0 Å². The average molecular weight is 251 g/mol. The number of nitrogens with zero attached hydrogens (tertiary/aromatic N) is 3. The number of pyridine rings is 1. The molecule has 14 heavy (non-hydrogen) atoms. The van der Waals surface area contributed by atoms with E-state index in [1.54, 1.807) is 12.4 Å². The minimum Gasteiger partial charge on any atom is -0.381 e. The van der Waals surface area contributed by atoms with Gasteiger partial charge >= 0.3 is 0 Å². The van der Waals surface area contributed by atoms with Crippen LogP contribution in [0.4, 0.5) is 5.82 Å². The summed E-state index contributed by atoms with van der Waals surface area (Å²) < 4.78 is 0.742. The van der Waals surface area contributed by atoms with Crippen LogP contribution >= 0.6 is 15.9 Å². The van der Waals surface area contributed by atoms with Gasteiger partial charge in [0, 0.05) is 18.0 Å². The summed E-state index contributed by atoms with van der Waals surface area (Å²) in [4.78, 5) is 4.00. The maximum atomic E-state index is 5.53. The summed E-state index contributed by atoms with van der Waals surface area (Å²) in [6.45, 7) is 0. The topological polar surface area (TPSA) is 64.7 Å². The van der Waals surface area contributed by atoms with Gasteiger partial charge < -0.3 is 5.73 Å². The molecule has 0 aliphatic rings. The molecule has 2 heterocycles.